The van der Waals surface area contributed by atoms with E-state index in [1.165, 1.54) is 36.0 Å². The molecule has 0 radical (unpaired) electrons. The van der Waals surface area contributed by atoms with Gasteiger partial charge in [0.2, 0.25) is 5.91 Å². The van der Waals surface area contributed by atoms with Crippen LogP contribution >= 0.6 is 34.8 Å². The molecule has 1 N–H and O–H groups in total. The SMILES string of the molecule is Cc1c(Cl)c(C(F)(F)F)nn1CCC(=O)Nc1nn(Cc2c(F)cccc2Cl)cc1Cl. The normalized spacial score (nSPS) is 11.7. The Bertz CT molecular complexity index is 1110. The number of alkyl halides is 3. The van der Waals surface area contributed by atoms with Crippen LogP contribution in [0.15, 0.2) is 24.4 Å². The zero-order valence-electron chi connectivity index (χ0n) is 15.8. The summed E-state index contributed by atoms with van der Waals surface area (Å²) < 4.78 is 54.9. The van der Waals surface area contributed by atoms with Crippen LogP contribution in [-0.2, 0) is 24.1 Å². The minimum atomic E-state index is -4.70. The van der Waals surface area contributed by atoms with Gasteiger partial charge in [0.1, 0.15) is 10.8 Å². The van der Waals surface area contributed by atoms with Crippen LogP contribution in [0.1, 0.15) is 23.4 Å². The van der Waals surface area contributed by atoms with Crippen LogP contribution in [0.2, 0.25) is 15.1 Å². The lowest BCUT2D eigenvalue weighted by molar-refractivity contribution is -0.141. The summed E-state index contributed by atoms with van der Waals surface area (Å²) in [4.78, 5) is 12.2. The third-order valence-corrected chi connectivity index (χ3v) is 5.39. The monoisotopic (exact) mass is 497 g/mol. The first-order valence-electron chi connectivity index (χ1n) is 8.73. The predicted octanol–water partition coefficient (Wildman–Crippen LogP) is 5.58. The van der Waals surface area contributed by atoms with Crippen molar-refractivity contribution in [2.24, 2.45) is 0 Å². The lowest BCUT2D eigenvalue weighted by atomic mass is 10.2. The van der Waals surface area contributed by atoms with Crippen LogP contribution in [0.5, 0.6) is 0 Å². The largest absolute Gasteiger partial charge is 0.436 e. The molecule has 0 unspecified atom stereocenters. The third-order valence-electron chi connectivity index (χ3n) is 4.31. The van der Waals surface area contributed by atoms with Gasteiger partial charge in [0.15, 0.2) is 11.5 Å². The highest BCUT2D eigenvalue weighted by Gasteiger charge is 2.38. The Kier molecular flexibility index (Phi) is 6.82. The zero-order valence-corrected chi connectivity index (χ0v) is 18.0. The first-order valence-corrected chi connectivity index (χ1v) is 9.86. The number of halogens is 7. The number of carbonyl (C=O) groups excluding carboxylic acids is 1. The van der Waals surface area contributed by atoms with Crippen molar-refractivity contribution in [3.8, 4) is 0 Å². The van der Waals surface area contributed by atoms with Crippen LogP contribution in [0.3, 0.4) is 0 Å². The standard InChI is InChI=1S/C18H14Cl3F4N5O/c1-9-15(21)16(18(23,24)25)27-30(9)6-5-14(31)26-17-12(20)8-29(28-17)7-10-11(19)3-2-4-13(10)22/h2-4,8H,5-7H2,1H3,(H,26,28,31). The summed E-state index contributed by atoms with van der Waals surface area (Å²) in [6.45, 7) is 1.21. The number of rotatable bonds is 6. The zero-order chi connectivity index (χ0) is 22.9. The Labute approximate surface area is 188 Å². The minimum absolute atomic E-state index is 0.0188. The first-order chi connectivity index (χ1) is 14.5. The number of nitrogens with one attached hydrogen (secondary N) is 1. The fraction of sp³-hybridized carbons (Fsp3) is 0.278. The number of anilines is 1. The molecular weight excluding hydrogens is 485 g/mol. The highest BCUT2D eigenvalue weighted by molar-refractivity contribution is 6.33. The maximum Gasteiger partial charge on any atom is 0.436 e. The molecule has 13 heteroatoms. The van der Waals surface area contributed by atoms with E-state index in [1.54, 1.807) is 0 Å². The van der Waals surface area contributed by atoms with Crippen molar-refractivity contribution in [1.29, 1.82) is 0 Å². The van der Waals surface area contributed by atoms with E-state index in [0.29, 0.717) is 0 Å². The summed E-state index contributed by atoms with van der Waals surface area (Å²) in [6, 6.07) is 4.25. The average Bonchev–Trinajstić information content (AvgIpc) is 3.16. The van der Waals surface area contributed by atoms with Crippen LogP contribution in [0.4, 0.5) is 23.4 Å². The lowest BCUT2D eigenvalue weighted by Gasteiger charge is -2.06. The molecule has 0 saturated heterocycles. The molecule has 2 heterocycles. The van der Waals surface area contributed by atoms with Crippen molar-refractivity contribution in [3.05, 3.63) is 62.2 Å². The lowest BCUT2D eigenvalue weighted by Crippen LogP contribution is -2.17. The number of carbonyl (C=O) groups is 1. The predicted molar refractivity (Wildman–Crippen MR) is 108 cm³/mol. The molecule has 1 aromatic carbocycles. The summed E-state index contributed by atoms with van der Waals surface area (Å²) in [5, 5.41) is 9.77. The molecular formula is C18H14Cl3F4N5O. The fourth-order valence-corrected chi connectivity index (χ4v) is 3.40. The quantitative estimate of drug-likeness (QED) is 0.451. The van der Waals surface area contributed by atoms with Gasteiger partial charge in [-0.1, -0.05) is 40.9 Å². The summed E-state index contributed by atoms with van der Waals surface area (Å²) >= 11 is 17.7. The molecule has 0 fully saturated rings. The van der Waals surface area contributed by atoms with Gasteiger partial charge >= 0.3 is 6.18 Å². The maximum absolute atomic E-state index is 13.9. The molecule has 3 rings (SSSR count). The van der Waals surface area contributed by atoms with Gasteiger partial charge in [-0.25, -0.2) is 4.39 Å². The van der Waals surface area contributed by atoms with Gasteiger partial charge in [-0.2, -0.15) is 23.4 Å². The number of hydrogen-bond donors (Lipinski definition) is 1. The van der Waals surface area contributed by atoms with E-state index in [1.807, 2.05) is 0 Å². The summed E-state index contributed by atoms with van der Waals surface area (Å²) in [5.74, 6) is -1.06. The third kappa shape index (κ3) is 5.31. The van der Waals surface area contributed by atoms with Gasteiger partial charge < -0.3 is 5.32 Å². The Morgan fingerprint density at radius 3 is 2.48 bits per heavy atom. The van der Waals surface area contributed by atoms with E-state index in [0.717, 1.165) is 4.68 Å². The van der Waals surface area contributed by atoms with E-state index >= 15 is 0 Å². The van der Waals surface area contributed by atoms with Crippen molar-refractivity contribution in [3.63, 3.8) is 0 Å². The summed E-state index contributed by atoms with van der Waals surface area (Å²) in [7, 11) is 0. The Morgan fingerprint density at radius 2 is 1.87 bits per heavy atom. The molecule has 0 bridgehead atoms. The number of hydrogen-bond acceptors (Lipinski definition) is 3. The highest BCUT2D eigenvalue weighted by atomic mass is 35.5. The molecule has 0 aliphatic heterocycles. The molecule has 31 heavy (non-hydrogen) atoms. The topological polar surface area (TPSA) is 64.7 Å². The van der Waals surface area contributed by atoms with Crippen molar-refractivity contribution < 1.29 is 22.4 Å². The molecule has 2 aromatic heterocycles. The Hall–Kier alpha value is -2.30. The van der Waals surface area contributed by atoms with Gasteiger partial charge in [-0.3, -0.25) is 14.2 Å². The van der Waals surface area contributed by atoms with Crippen LogP contribution in [0.25, 0.3) is 0 Å². The van der Waals surface area contributed by atoms with Gasteiger partial charge in [0.05, 0.1) is 23.8 Å². The highest BCUT2D eigenvalue weighted by Crippen LogP contribution is 2.35. The molecule has 1 amide bonds. The molecule has 0 spiro atoms. The van der Waals surface area contributed by atoms with E-state index in [9.17, 15) is 22.4 Å². The Morgan fingerprint density at radius 1 is 1.16 bits per heavy atom. The van der Waals surface area contributed by atoms with Crippen LogP contribution < -0.4 is 5.32 Å². The Balaban J connectivity index is 1.66. The number of aromatic nitrogens is 4. The molecule has 0 aliphatic rings. The number of amides is 1. The van der Waals surface area contributed by atoms with E-state index < -0.39 is 28.6 Å². The first kappa shape index (κ1) is 23.4. The minimum Gasteiger partial charge on any atom is -0.308 e. The van der Waals surface area contributed by atoms with Crippen molar-refractivity contribution in [2.75, 3.05) is 5.32 Å². The summed E-state index contributed by atoms with van der Waals surface area (Å²) in [6.07, 6.45) is -3.53. The van der Waals surface area contributed by atoms with E-state index in [4.69, 9.17) is 34.8 Å². The van der Waals surface area contributed by atoms with Crippen LogP contribution in [-0.4, -0.2) is 25.5 Å². The molecule has 0 aliphatic carbocycles. The van der Waals surface area contributed by atoms with Gasteiger partial charge in [-0.05, 0) is 19.1 Å². The second-order valence-electron chi connectivity index (χ2n) is 6.49. The average molecular weight is 499 g/mol. The molecule has 0 saturated carbocycles. The molecule has 6 nitrogen and oxygen atoms in total. The van der Waals surface area contributed by atoms with Crippen molar-refractivity contribution in [2.45, 2.75) is 32.6 Å². The smallest absolute Gasteiger partial charge is 0.308 e. The number of aryl methyl sites for hydroxylation is 1. The van der Waals surface area contributed by atoms with Gasteiger partial charge in [0.25, 0.3) is 0 Å². The number of benzene rings is 1. The second-order valence-corrected chi connectivity index (χ2v) is 7.68. The van der Waals surface area contributed by atoms with Crippen LogP contribution in [0, 0.1) is 12.7 Å². The maximum atomic E-state index is 13.9. The molecule has 0 atom stereocenters. The number of nitrogens with zero attached hydrogens (tertiary/aromatic N) is 4. The molecule has 3 aromatic rings. The summed E-state index contributed by atoms with van der Waals surface area (Å²) in [5.41, 5.74) is -0.917. The van der Waals surface area contributed by atoms with Gasteiger partial charge in [-0.15, -0.1) is 0 Å². The van der Waals surface area contributed by atoms with Gasteiger partial charge in [0, 0.05) is 23.2 Å². The van der Waals surface area contributed by atoms with E-state index in [-0.39, 0.29) is 46.6 Å². The van der Waals surface area contributed by atoms with Crippen molar-refractivity contribution >= 4 is 46.5 Å². The van der Waals surface area contributed by atoms with Crippen molar-refractivity contribution in [1.82, 2.24) is 19.6 Å². The second kappa shape index (κ2) is 9.05. The van der Waals surface area contributed by atoms with E-state index in [2.05, 4.69) is 15.5 Å². The fourth-order valence-electron chi connectivity index (χ4n) is 2.73. The molecule has 166 valence electrons.